The molecule has 0 spiro atoms. The van der Waals surface area contributed by atoms with E-state index in [-0.39, 0.29) is 17.7 Å². The van der Waals surface area contributed by atoms with Crippen LogP contribution in [0.2, 0.25) is 0 Å². The van der Waals surface area contributed by atoms with Crippen LogP contribution in [0.15, 0.2) is 41.8 Å². The third-order valence-corrected chi connectivity index (χ3v) is 6.09. The number of ether oxygens (including phenoxy) is 1. The Labute approximate surface area is 177 Å². The van der Waals surface area contributed by atoms with Crippen LogP contribution in [0.3, 0.4) is 0 Å². The Balaban J connectivity index is 1.83. The van der Waals surface area contributed by atoms with Gasteiger partial charge < -0.3 is 14.5 Å². The van der Waals surface area contributed by atoms with Gasteiger partial charge in [0.05, 0.1) is 13.2 Å². The number of amides is 2. The van der Waals surface area contributed by atoms with Crippen molar-refractivity contribution >= 4 is 23.2 Å². The lowest BCUT2D eigenvalue weighted by atomic mass is 9.90. The summed E-state index contributed by atoms with van der Waals surface area (Å²) in [6.07, 6.45) is 0.932. The zero-order valence-electron chi connectivity index (χ0n) is 17.7. The predicted octanol–water partition coefficient (Wildman–Crippen LogP) is 3.69. The summed E-state index contributed by atoms with van der Waals surface area (Å²) in [5.74, 6) is 0.281. The Bertz CT molecular complexity index is 830. The molecule has 2 amide bonds. The monoisotopic (exact) mass is 414 g/mol. The molecule has 3 rings (SSSR count). The fourth-order valence-corrected chi connectivity index (χ4v) is 4.49. The number of nitrogens with zero attached hydrogens (tertiary/aromatic N) is 2. The smallest absolute Gasteiger partial charge is 0.256 e. The minimum Gasteiger partial charge on any atom is -0.361 e. The molecule has 29 heavy (non-hydrogen) atoms. The summed E-state index contributed by atoms with van der Waals surface area (Å²) in [6, 6.07) is 12.4. The van der Waals surface area contributed by atoms with Crippen molar-refractivity contribution in [1.82, 2.24) is 9.80 Å². The van der Waals surface area contributed by atoms with E-state index in [4.69, 9.17) is 4.74 Å². The number of hydrogen-bond acceptors (Lipinski definition) is 4. The average Bonchev–Trinajstić information content (AvgIpc) is 3.22. The Morgan fingerprint density at radius 3 is 2.52 bits per heavy atom. The fourth-order valence-electron chi connectivity index (χ4n) is 3.75. The van der Waals surface area contributed by atoms with Crippen LogP contribution in [-0.4, -0.2) is 61.0 Å². The van der Waals surface area contributed by atoms with Crippen LogP contribution in [0.1, 0.15) is 25.8 Å². The highest BCUT2D eigenvalue weighted by Crippen LogP contribution is 2.29. The standard InChI is InChI=1S/C23H30N2O3S/c1-17(2)14-21(26)25-11-12-28-23(16-25,22(27)24(3)4)15-18-7-9-19(10-8-18)20-6-5-13-29-20/h5-10,13,17H,11-12,14-16H2,1-4H3/t23-/m1/s1. The van der Waals surface area contributed by atoms with Crippen molar-refractivity contribution in [2.45, 2.75) is 32.3 Å². The summed E-state index contributed by atoms with van der Waals surface area (Å²) in [6.45, 7) is 5.27. The van der Waals surface area contributed by atoms with Crippen molar-refractivity contribution in [3.8, 4) is 10.4 Å². The van der Waals surface area contributed by atoms with Crippen LogP contribution in [0.25, 0.3) is 10.4 Å². The second kappa shape index (κ2) is 9.09. The van der Waals surface area contributed by atoms with Crippen molar-refractivity contribution in [1.29, 1.82) is 0 Å². The lowest BCUT2D eigenvalue weighted by molar-refractivity contribution is -0.172. The summed E-state index contributed by atoms with van der Waals surface area (Å²) >= 11 is 1.70. The van der Waals surface area contributed by atoms with Gasteiger partial charge in [-0.05, 0) is 28.5 Å². The summed E-state index contributed by atoms with van der Waals surface area (Å²) < 4.78 is 6.10. The van der Waals surface area contributed by atoms with Crippen molar-refractivity contribution in [2.75, 3.05) is 33.8 Å². The van der Waals surface area contributed by atoms with E-state index >= 15 is 0 Å². The third-order valence-electron chi connectivity index (χ3n) is 5.17. The molecule has 1 saturated heterocycles. The second-order valence-corrected chi connectivity index (χ2v) is 9.25. The highest BCUT2D eigenvalue weighted by Gasteiger charge is 2.45. The molecule has 2 aromatic rings. The Morgan fingerprint density at radius 1 is 1.21 bits per heavy atom. The average molecular weight is 415 g/mol. The molecule has 1 atom stereocenters. The molecule has 2 heterocycles. The zero-order chi connectivity index (χ0) is 21.0. The highest BCUT2D eigenvalue weighted by atomic mass is 32.1. The molecule has 0 radical (unpaired) electrons. The molecule has 1 aliphatic heterocycles. The number of likely N-dealkylation sites (N-methyl/N-ethyl adjacent to an activating group) is 1. The molecule has 1 aliphatic rings. The molecule has 1 aromatic carbocycles. The lowest BCUT2D eigenvalue weighted by Crippen LogP contribution is -2.61. The van der Waals surface area contributed by atoms with E-state index in [2.05, 4.69) is 35.7 Å². The van der Waals surface area contributed by atoms with Gasteiger partial charge >= 0.3 is 0 Å². The van der Waals surface area contributed by atoms with Crippen LogP contribution in [0.5, 0.6) is 0 Å². The SMILES string of the molecule is CC(C)CC(=O)N1CCO[C@@](Cc2ccc(-c3cccs3)cc2)(C(=O)N(C)C)C1. The number of carbonyl (C=O) groups is 2. The molecule has 0 bridgehead atoms. The quantitative estimate of drug-likeness (QED) is 0.724. The van der Waals surface area contributed by atoms with Crippen molar-refractivity contribution in [3.05, 3.63) is 47.3 Å². The van der Waals surface area contributed by atoms with Crippen molar-refractivity contribution in [3.63, 3.8) is 0 Å². The van der Waals surface area contributed by atoms with E-state index in [0.29, 0.717) is 32.5 Å². The first-order chi connectivity index (χ1) is 13.8. The molecule has 0 saturated carbocycles. The highest BCUT2D eigenvalue weighted by molar-refractivity contribution is 7.13. The number of thiophene rings is 1. The van der Waals surface area contributed by atoms with Gasteiger partial charge in [-0.3, -0.25) is 9.59 Å². The molecule has 5 nitrogen and oxygen atoms in total. The topological polar surface area (TPSA) is 49.9 Å². The number of carbonyl (C=O) groups excluding carboxylic acids is 2. The maximum atomic E-state index is 13.1. The summed E-state index contributed by atoms with van der Waals surface area (Å²) in [5.41, 5.74) is 1.15. The Hall–Kier alpha value is -2.18. The molecular formula is C23H30N2O3S. The fraction of sp³-hybridized carbons (Fsp3) is 0.478. The van der Waals surface area contributed by atoms with Crippen LogP contribution in [-0.2, 0) is 20.7 Å². The third kappa shape index (κ3) is 5.06. The maximum absolute atomic E-state index is 13.1. The number of rotatable bonds is 6. The molecule has 0 aliphatic carbocycles. The minimum atomic E-state index is -1.04. The minimum absolute atomic E-state index is 0.0901. The number of hydrogen-bond donors (Lipinski definition) is 0. The summed E-state index contributed by atoms with van der Waals surface area (Å²) in [4.78, 5) is 30.4. The van der Waals surface area contributed by atoms with Crippen molar-refractivity contribution < 1.29 is 14.3 Å². The van der Waals surface area contributed by atoms with Crippen LogP contribution >= 0.6 is 11.3 Å². The molecule has 156 valence electrons. The Morgan fingerprint density at radius 2 is 1.93 bits per heavy atom. The van der Waals surface area contributed by atoms with E-state index in [0.717, 1.165) is 11.1 Å². The first-order valence-electron chi connectivity index (χ1n) is 10.1. The summed E-state index contributed by atoms with van der Waals surface area (Å²) in [5, 5.41) is 2.06. The van der Waals surface area contributed by atoms with Gasteiger partial charge in [0.15, 0.2) is 5.60 Å². The first-order valence-corrected chi connectivity index (χ1v) is 10.9. The first kappa shape index (κ1) is 21.5. The number of benzene rings is 1. The number of morpholine rings is 1. The molecule has 0 unspecified atom stereocenters. The molecule has 1 aromatic heterocycles. The molecule has 1 fully saturated rings. The molecule has 6 heteroatoms. The van der Waals surface area contributed by atoms with Gasteiger partial charge in [-0.1, -0.05) is 44.2 Å². The van der Waals surface area contributed by atoms with Gasteiger partial charge in [-0.15, -0.1) is 11.3 Å². The molecule has 0 N–H and O–H groups in total. The second-order valence-electron chi connectivity index (χ2n) is 8.31. The van der Waals surface area contributed by atoms with E-state index in [1.54, 1.807) is 35.2 Å². The largest absolute Gasteiger partial charge is 0.361 e. The van der Waals surface area contributed by atoms with Gasteiger partial charge in [0, 0.05) is 38.4 Å². The van der Waals surface area contributed by atoms with Gasteiger partial charge in [0.25, 0.3) is 5.91 Å². The van der Waals surface area contributed by atoms with E-state index in [1.165, 1.54) is 4.88 Å². The van der Waals surface area contributed by atoms with Gasteiger partial charge in [-0.25, -0.2) is 0 Å². The van der Waals surface area contributed by atoms with Crippen molar-refractivity contribution in [2.24, 2.45) is 5.92 Å². The lowest BCUT2D eigenvalue weighted by Gasteiger charge is -2.43. The van der Waals surface area contributed by atoms with E-state index < -0.39 is 5.60 Å². The van der Waals surface area contributed by atoms with Gasteiger partial charge in [0.1, 0.15) is 0 Å². The van der Waals surface area contributed by atoms with Gasteiger partial charge in [-0.2, -0.15) is 0 Å². The Kier molecular flexibility index (Phi) is 6.75. The van der Waals surface area contributed by atoms with Crippen LogP contribution in [0.4, 0.5) is 0 Å². The zero-order valence-corrected chi connectivity index (χ0v) is 18.5. The van der Waals surface area contributed by atoms with Crippen LogP contribution in [0, 0.1) is 5.92 Å². The van der Waals surface area contributed by atoms with E-state index in [1.807, 2.05) is 19.9 Å². The van der Waals surface area contributed by atoms with Crippen LogP contribution < -0.4 is 0 Å². The molecular weight excluding hydrogens is 384 g/mol. The maximum Gasteiger partial charge on any atom is 0.256 e. The van der Waals surface area contributed by atoms with Gasteiger partial charge in [0.2, 0.25) is 5.91 Å². The predicted molar refractivity (Wildman–Crippen MR) is 117 cm³/mol. The summed E-state index contributed by atoms with van der Waals surface area (Å²) in [7, 11) is 3.48. The van der Waals surface area contributed by atoms with E-state index in [9.17, 15) is 9.59 Å². The normalized spacial score (nSPS) is 19.4.